The number of alkyl halides is 1. The van der Waals surface area contributed by atoms with Crippen LogP contribution in [0.25, 0.3) is 0 Å². The molecule has 1 aliphatic rings. The number of nitrogens with zero attached hydrogens (tertiary/aromatic N) is 1. The Hall–Kier alpha value is -0.310. The normalized spacial score (nSPS) is 21.5. The van der Waals surface area contributed by atoms with Crippen LogP contribution in [0.4, 0.5) is 0 Å². The smallest absolute Gasteiger partial charge is 0.143 e. The van der Waals surface area contributed by atoms with Gasteiger partial charge in [0.15, 0.2) is 0 Å². The van der Waals surface area contributed by atoms with Crippen LogP contribution in [0.2, 0.25) is 0 Å². The van der Waals surface area contributed by atoms with E-state index >= 15 is 0 Å². The summed E-state index contributed by atoms with van der Waals surface area (Å²) in [5.74, 6) is 1.77. The molecule has 0 N–H and O–H groups in total. The van der Waals surface area contributed by atoms with Gasteiger partial charge in [-0.25, -0.2) is 0 Å². The van der Waals surface area contributed by atoms with Gasteiger partial charge in [-0.1, -0.05) is 28.0 Å². The van der Waals surface area contributed by atoms with Crippen LogP contribution in [-0.2, 0) is 11.8 Å². The Morgan fingerprint density at radius 3 is 3.15 bits per heavy atom. The molecule has 0 aromatic carbocycles. The van der Waals surface area contributed by atoms with Crippen molar-refractivity contribution in [2.45, 2.75) is 43.9 Å². The Balaban J connectivity index is 2.36. The van der Waals surface area contributed by atoms with Gasteiger partial charge in [0.2, 0.25) is 0 Å². The third kappa shape index (κ3) is 1.54. The molecule has 1 aliphatic carbocycles. The second-order valence-corrected chi connectivity index (χ2v) is 4.16. The summed E-state index contributed by atoms with van der Waals surface area (Å²) in [4.78, 5) is 0. The molecule has 0 saturated heterocycles. The Bertz CT molecular complexity index is 295. The second-order valence-electron chi connectivity index (χ2n) is 3.60. The second kappa shape index (κ2) is 3.82. The zero-order valence-electron chi connectivity index (χ0n) is 7.85. The van der Waals surface area contributed by atoms with Crippen LogP contribution in [0.15, 0.2) is 4.52 Å². The predicted molar refractivity (Wildman–Crippen MR) is 55.1 cm³/mol. The highest BCUT2D eigenvalue weighted by molar-refractivity contribution is 9.08. The molecule has 0 amide bonds. The fraction of sp³-hybridized carbons (Fsp3) is 0.700. The Kier molecular flexibility index (Phi) is 2.72. The number of aromatic nitrogens is 1. The van der Waals surface area contributed by atoms with Crippen LogP contribution in [-0.4, -0.2) is 5.16 Å². The van der Waals surface area contributed by atoms with Gasteiger partial charge in [-0.05, 0) is 25.7 Å². The molecule has 0 radical (unpaired) electrons. The SMILES string of the molecule is CCC1CCCc2c(CBr)noc21. The van der Waals surface area contributed by atoms with E-state index in [4.69, 9.17) is 4.52 Å². The number of hydrogen-bond donors (Lipinski definition) is 0. The molecule has 0 aliphatic heterocycles. The summed E-state index contributed by atoms with van der Waals surface area (Å²) < 4.78 is 5.40. The predicted octanol–water partition coefficient (Wildman–Crippen LogP) is 3.40. The lowest BCUT2D eigenvalue weighted by Crippen LogP contribution is -2.07. The minimum absolute atomic E-state index is 0.615. The van der Waals surface area contributed by atoms with Crippen molar-refractivity contribution in [2.24, 2.45) is 0 Å². The fourth-order valence-corrected chi connectivity index (χ4v) is 2.54. The molecular weight excluding hydrogens is 230 g/mol. The summed E-state index contributed by atoms with van der Waals surface area (Å²) in [5, 5.41) is 4.91. The summed E-state index contributed by atoms with van der Waals surface area (Å²) in [5.41, 5.74) is 2.48. The molecule has 1 unspecified atom stereocenters. The van der Waals surface area contributed by atoms with E-state index in [1.165, 1.54) is 24.8 Å². The molecule has 0 fully saturated rings. The van der Waals surface area contributed by atoms with Crippen LogP contribution in [0.1, 0.15) is 49.1 Å². The molecule has 2 nitrogen and oxygen atoms in total. The molecule has 1 aromatic heterocycles. The maximum atomic E-state index is 5.40. The minimum atomic E-state index is 0.615. The number of hydrogen-bond acceptors (Lipinski definition) is 2. The first kappa shape index (κ1) is 9.25. The van der Waals surface area contributed by atoms with E-state index < -0.39 is 0 Å². The van der Waals surface area contributed by atoms with Gasteiger partial charge in [-0.15, -0.1) is 0 Å². The van der Waals surface area contributed by atoms with E-state index in [9.17, 15) is 0 Å². The molecule has 1 heterocycles. The van der Waals surface area contributed by atoms with Crippen molar-refractivity contribution in [1.82, 2.24) is 5.16 Å². The highest BCUT2D eigenvalue weighted by atomic mass is 79.9. The van der Waals surface area contributed by atoms with Crippen molar-refractivity contribution in [1.29, 1.82) is 0 Å². The van der Waals surface area contributed by atoms with Crippen molar-refractivity contribution in [3.63, 3.8) is 0 Å². The third-order valence-corrected chi connectivity index (χ3v) is 3.40. The van der Waals surface area contributed by atoms with Crippen LogP contribution in [0, 0.1) is 0 Å². The maximum Gasteiger partial charge on any atom is 0.143 e. The van der Waals surface area contributed by atoms with Gasteiger partial charge in [0.25, 0.3) is 0 Å². The Labute approximate surface area is 86.8 Å². The summed E-state index contributed by atoms with van der Waals surface area (Å²) in [7, 11) is 0. The monoisotopic (exact) mass is 243 g/mol. The van der Waals surface area contributed by atoms with Crippen LogP contribution >= 0.6 is 15.9 Å². The van der Waals surface area contributed by atoms with E-state index in [2.05, 4.69) is 28.0 Å². The first-order chi connectivity index (χ1) is 6.36. The highest BCUT2D eigenvalue weighted by Gasteiger charge is 2.25. The average Bonchev–Trinajstić information content (AvgIpc) is 2.60. The lowest BCUT2D eigenvalue weighted by molar-refractivity contribution is 0.335. The van der Waals surface area contributed by atoms with Gasteiger partial charge in [0.05, 0.1) is 5.69 Å². The Morgan fingerprint density at radius 1 is 1.62 bits per heavy atom. The van der Waals surface area contributed by atoms with Crippen molar-refractivity contribution < 1.29 is 4.52 Å². The van der Waals surface area contributed by atoms with E-state index in [-0.39, 0.29) is 0 Å². The third-order valence-electron chi connectivity index (χ3n) is 2.87. The van der Waals surface area contributed by atoms with E-state index in [0.29, 0.717) is 5.92 Å². The van der Waals surface area contributed by atoms with Gasteiger partial charge in [-0.3, -0.25) is 0 Å². The fourth-order valence-electron chi connectivity index (χ4n) is 2.10. The van der Waals surface area contributed by atoms with E-state index in [1.807, 2.05) is 0 Å². The summed E-state index contributed by atoms with van der Waals surface area (Å²) in [6, 6.07) is 0. The number of rotatable bonds is 2. The summed E-state index contributed by atoms with van der Waals surface area (Å²) >= 11 is 3.44. The van der Waals surface area contributed by atoms with Gasteiger partial charge in [0.1, 0.15) is 5.76 Å². The average molecular weight is 244 g/mol. The topological polar surface area (TPSA) is 26.0 Å². The first-order valence-electron chi connectivity index (χ1n) is 4.90. The lowest BCUT2D eigenvalue weighted by Gasteiger charge is -2.18. The summed E-state index contributed by atoms with van der Waals surface area (Å²) in [6.07, 6.45) is 4.87. The molecule has 72 valence electrons. The van der Waals surface area contributed by atoms with Crippen molar-refractivity contribution >= 4 is 15.9 Å². The molecule has 1 atom stereocenters. The minimum Gasteiger partial charge on any atom is -0.361 e. The van der Waals surface area contributed by atoms with Crippen LogP contribution in [0.5, 0.6) is 0 Å². The van der Waals surface area contributed by atoms with Crippen molar-refractivity contribution in [2.75, 3.05) is 0 Å². The van der Waals surface area contributed by atoms with Gasteiger partial charge in [-0.2, -0.15) is 0 Å². The largest absolute Gasteiger partial charge is 0.361 e. The van der Waals surface area contributed by atoms with E-state index in [0.717, 1.165) is 23.2 Å². The number of halogens is 1. The molecule has 0 saturated carbocycles. The lowest BCUT2D eigenvalue weighted by atomic mass is 9.86. The Morgan fingerprint density at radius 2 is 2.46 bits per heavy atom. The molecule has 0 spiro atoms. The molecule has 13 heavy (non-hydrogen) atoms. The summed E-state index contributed by atoms with van der Waals surface area (Å²) in [6.45, 7) is 2.22. The van der Waals surface area contributed by atoms with Gasteiger partial charge < -0.3 is 4.52 Å². The van der Waals surface area contributed by atoms with Crippen molar-refractivity contribution in [3.05, 3.63) is 17.0 Å². The van der Waals surface area contributed by atoms with Crippen LogP contribution < -0.4 is 0 Å². The number of fused-ring (bicyclic) bond motifs is 1. The highest BCUT2D eigenvalue weighted by Crippen LogP contribution is 2.35. The zero-order chi connectivity index (χ0) is 9.26. The molecular formula is C10H14BrNO. The standard InChI is InChI=1S/C10H14BrNO/c1-2-7-4-3-5-8-9(6-11)12-13-10(7)8/h7H,2-6H2,1H3. The van der Waals surface area contributed by atoms with Crippen molar-refractivity contribution in [3.8, 4) is 0 Å². The zero-order valence-corrected chi connectivity index (χ0v) is 9.43. The van der Waals surface area contributed by atoms with Crippen LogP contribution in [0.3, 0.4) is 0 Å². The first-order valence-corrected chi connectivity index (χ1v) is 6.02. The van der Waals surface area contributed by atoms with E-state index in [1.54, 1.807) is 0 Å². The quantitative estimate of drug-likeness (QED) is 0.745. The molecule has 0 bridgehead atoms. The molecule has 3 heteroatoms. The molecule has 2 rings (SSSR count). The molecule has 1 aromatic rings. The van der Waals surface area contributed by atoms with Gasteiger partial charge in [0, 0.05) is 16.8 Å². The van der Waals surface area contributed by atoms with Gasteiger partial charge >= 0.3 is 0 Å². The maximum absolute atomic E-state index is 5.40.